The van der Waals surface area contributed by atoms with Crippen molar-refractivity contribution in [3.63, 3.8) is 0 Å². The van der Waals surface area contributed by atoms with Gasteiger partial charge in [0.05, 0.1) is 17.6 Å². The Morgan fingerprint density at radius 1 is 1.76 bits per heavy atom. The largest absolute Gasteiger partial charge is 0.389 e. The van der Waals surface area contributed by atoms with Crippen LogP contribution in [0.5, 0.6) is 0 Å². The Morgan fingerprint density at radius 3 is 3.06 bits per heavy atom. The van der Waals surface area contributed by atoms with Gasteiger partial charge in [0.25, 0.3) is 0 Å². The van der Waals surface area contributed by atoms with E-state index in [9.17, 15) is 15.2 Å². The Morgan fingerprint density at radius 2 is 2.47 bits per heavy atom. The van der Waals surface area contributed by atoms with Crippen LogP contribution in [-0.2, 0) is 4.74 Å². The number of nitro groups is 1. The lowest BCUT2D eigenvalue weighted by atomic mass is 10.3. The zero-order valence-electron chi connectivity index (χ0n) is 8.96. The SMILES string of the molecule is COCC(O)CNc1nc(Cl)ncc1[N+](=O)[O-]. The summed E-state index contributed by atoms with van der Waals surface area (Å²) >= 11 is 5.53. The van der Waals surface area contributed by atoms with E-state index >= 15 is 0 Å². The predicted molar refractivity (Wildman–Crippen MR) is 60.1 cm³/mol. The average molecular weight is 263 g/mol. The van der Waals surface area contributed by atoms with Crippen molar-refractivity contribution in [2.45, 2.75) is 6.10 Å². The second kappa shape index (κ2) is 6.28. The molecule has 0 aliphatic carbocycles. The molecule has 0 bridgehead atoms. The predicted octanol–water partition coefficient (Wildman–Crippen LogP) is 0.457. The van der Waals surface area contributed by atoms with Crippen LogP contribution in [0.15, 0.2) is 6.20 Å². The number of rotatable bonds is 6. The van der Waals surface area contributed by atoms with Crippen LogP contribution < -0.4 is 5.32 Å². The Kier molecular flexibility index (Phi) is 5.01. The van der Waals surface area contributed by atoms with Gasteiger partial charge in [-0.05, 0) is 11.6 Å². The summed E-state index contributed by atoms with van der Waals surface area (Å²) < 4.78 is 4.71. The molecule has 1 unspecified atom stereocenters. The maximum atomic E-state index is 10.7. The van der Waals surface area contributed by atoms with Gasteiger partial charge >= 0.3 is 5.69 Å². The third-order valence-electron chi connectivity index (χ3n) is 1.80. The highest BCUT2D eigenvalue weighted by molar-refractivity contribution is 6.28. The molecule has 0 fully saturated rings. The Balaban J connectivity index is 2.75. The fourth-order valence-electron chi connectivity index (χ4n) is 1.08. The van der Waals surface area contributed by atoms with Crippen molar-refractivity contribution >= 4 is 23.1 Å². The summed E-state index contributed by atoms with van der Waals surface area (Å²) in [6.07, 6.45) is 0.203. The van der Waals surface area contributed by atoms with Gasteiger partial charge in [-0.2, -0.15) is 4.98 Å². The second-order valence-electron chi connectivity index (χ2n) is 3.12. The average Bonchev–Trinajstić information content (AvgIpc) is 2.26. The second-order valence-corrected chi connectivity index (χ2v) is 3.46. The molecular weight excluding hydrogens is 252 g/mol. The fourth-order valence-corrected chi connectivity index (χ4v) is 1.22. The molecule has 17 heavy (non-hydrogen) atoms. The molecule has 0 saturated heterocycles. The van der Waals surface area contributed by atoms with Crippen LogP contribution in [0.2, 0.25) is 5.28 Å². The van der Waals surface area contributed by atoms with Gasteiger partial charge in [0.15, 0.2) is 0 Å². The van der Waals surface area contributed by atoms with Crippen molar-refractivity contribution in [2.24, 2.45) is 0 Å². The standard InChI is InChI=1S/C8H11ClN4O4/c1-17-4-5(14)2-10-7-6(13(15)16)3-11-8(9)12-7/h3,5,14H,2,4H2,1H3,(H,10,11,12). The lowest BCUT2D eigenvalue weighted by Gasteiger charge is -2.10. The Labute approximate surface area is 102 Å². The summed E-state index contributed by atoms with van der Waals surface area (Å²) in [5.41, 5.74) is -0.306. The zero-order chi connectivity index (χ0) is 12.8. The first kappa shape index (κ1) is 13.6. The number of hydrogen-bond donors (Lipinski definition) is 2. The molecule has 0 amide bonds. The highest BCUT2D eigenvalue weighted by Crippen LogP contribution is 2.21. The highest BCUT2D eigenvalue weighted by Gasteiger charge is 2.17. The molecule has 2 N–H and O–H groups in total. The van der Waals surface area contributed by atoms with Gasteiger partial charge < -0.3 is 15.2 Å². The van der Waals surface area contributed by atoms with Gasteiger partial charge in [0.2, 0.25) is 11.1 Å². The molecule has 1 aromatic heterocycles. The fraction of sp³-hybridized carbons (Fsp3) is 0.500. The van der Waals surface area contributed by atoms with Gasteiger partial charge in [-0.3, -0.25) is 10.1 Å². The Hall–Kier alpha value is -1.51. The quantitative estimate of drug-likeness (QED) is 0.435. The number of aliphatic hydroxyl groups is 1. The van der Waals surface area contributed by atoms with Gasteiger partial charge in [0.1, 0.15) is 6.20 Å². The van der Waals surface area contributed by atoms with Crippen molar-refractivity contribution in [1.82, 2.24) is 9.97 Å². The number of ether oxygens (including phenoxy) is 1. The smallest absolute Gasteiger partial charge is 0.329 e. The van der Waals surface area contributed by atoms with E-state index in [1.165, 1.54) is 7.11 Å². The molecule has 0 spiro atoms. The van der Waals surface area contributed by atoms with Crippen LogP contribution in [0.3, 0.4) is 0 Å². The first-order valence-electron chi connectivity index (χ1n) is 4.62. The summed E-state index contributed by atoms with van der Waals surface area (Å²) in [5.74, 6) is -0.0369. The number of nitrogens with zero attached hydrogens (tertiary/aromatic N) is 3. The summed E-state index contributed by atoms with van der Waals surface area (Å²) in [6.45, 7) is 0.168. The lowest BCUT2D eigenvalue weighted by Crippen LogP contribution is -2.24. The number of aromatic nitrogens is 2. The van der Waals surface area contributed by atoms with Gasteiger partial charge in [0, 0.05) is 13.7 Å². The summed E-state index contributed by atoms with van der Waals surface area (Å²) in [6, 6.07) is 0. The van der Waals surface area contributed by atoms with Crippen molar-refractivity contribution in [1.29, 1.82) is 0 Å². The van der Waals surface area contributed by atoms with E-state index in [1.807, 2.05) is 0 Å². The number of aliphatic hydroxyl groups excluding tert-OH is 1. The summed E-state index contributed by atoms with van der Waals surface area (Å²) in [5, 5.41) is 22.5. The minimum Gasteiger partial charge on any atom is -0.389 e. The van der Waals surface area contributed by atoms with E-state index in [-0.39, 0.29) is 29.9 Å². The molecular formula is C8H11ClN4O4. The van der Waals surface area contributed by atoms with Crippen molar-refractivity contribution in [2.75, 3.05) is 25.6 Å². The lowest BCUT2D eigenvalue weighted by molar-refractivity contribution is -0.384. The monoisotopic (exact) mass is 262 g/mol. The molecule has 9 heteroatoms. The molecule has 0 saturated carbocycles. The van der Waals surface area contributed by atoms with E-state index < -0.39 is 11.0 Å². The molecule has 0 aromatic carbocycles. The van der Waals surface area contributed by atoms with Crippen molar-refractivity contribution in [3.05, 3.63) is 21.6 Å². The van der Waals surface area contributed by atoms with E-state index in [4.69, 9.17) is 16.3 Å². The maximum absolute atomic E-state index is 10.7. The molecule has 1 aromatic rings. The van der Waals surface area contributed by atoms with E-state index in [1.54, 1.807) is 0 Å². The molecule has 1 atom stereocenters. The van der Waals surface area contributed by atoms with E-state index in [0.29, 0.717) is 0 Å². The first-order valence-corrected chi connectivity index (χ1v) is 5.00. The summed E-state index contributed by atoms with van der Waals surface area (Å²) in [7, 11) is 1.44. The first-order chi connectivity index (χ1) is 8.04. The minimum atomic E-state index is -0.798. The van der Waals surface area contributed by atoms with Crippen molar-refractivity contribution in [3.8, 4) is 0 Å². The van der Waals surface area contributed by atoms with Crippen LogP contribution in [-0.4, -0.2) is 46.4 Å². The zero-order valence-corrected chi connectivity index (χ0v) is 9.72. The van der Waals surface area contributed by atoms with Gasteiger partial charge in [-0.1, -0.05) is 0 Å². The number of anilines is 1. The van der Waals surface area contributed by atoms with Gasteiger partial charge in [-0.25, -0.2) is 4.98 Å². The molecule has 0 aliphatic heterocycles. The Bertz CT molecular complexity index is 403. The third kappa shape index (κ3) is 4.10. The highest BCUT2D eigenvalue weighted by atomic mass is 35.5. The number of methoxy groups -OCH3 is 1. The maximum Gasteiger partial charge on any atom is 0.329 e. The number of nitrogens with one attached hydrogen (secondary N) is 1. The van der Waals surface area contributed by atoms with Crippen LogP contribution in [0.4, 0.5) is 11.5 Å². The normalized spacial score (nSPS) is 12.2. The molecule has 0 radical (unpaired) electrons. The van der Waals surface area contributed by atoms with E-state index in [2.05, 4.69) is 15.3 Å². The molecule has 1 rings (SSSR count). The topological polar surface area (TPSA) is 110 Å². The van der Waals surface area contributed by atoms with Gasteiger partial charge in [-0.15, -0.1) is 0 Å². The third-order valence-corrected chi connectivity index (χ3v) is 1.98. The molecule has 1 heterocycles. The van der Waals surface area contributed by atoms with Crippen LogP contribution in [0.25, 0.3) is 0 Å². The molecule has 8 nitrogen and oxygen atoms in total. The van der Waals surface area contributed by atoms with Crippen LogP contribution >= 0.6 is 11.6 Å². The summed E-state index contributed by atoms with van der Waals surface area (Å²) in [4.78, 5) is 17.2. The minimum absolute atomic E-state index is 0.0369. The number of halogens is 1. The molecule has 94 valence electrons. The van der Waals surface area contributed by atoms with Crippen molar-refractivity contribution < 1.29 is 14.8 Å². The molecule has 0 aliphatic rings. The van der Waals surface area contributed by atoms with E-state index in [0.717, 1.165) is 6.20 Å². The van der Waals surface area contributed by atoms with Crippen LogP contribution in [0.1, 0.15) is 0 Å². The van der Waals surface area contributed by atoms with Crippen LogP contribution in [0, 0.1) is 10.1 Å². The number of hydrogen-bond acceptors (Lipinski definition) is 7.